The third-order valence-corrected chi connectivity index (χ3v) is 3.68. The lowest BCUT2D eigenvalue weighted by molar-refractivity contribution is 0.463. The van der Waals surface area contributed by atoms with Gasteiger partial charge in [0.25, 0.3) is 0 Å². The molecule has 1 unspecified atom stereocenters. The molecule has 0 saturated heterocycles. The van der Waals surface area contributed by atoms with Gasteiger partial charge in [0.05, 0.1) is 0 Å². The van der Waals surface area contributed by atoms with Gasteiger partial charge >= 0.3 is 0 Å². The number of halogens is 1. The molecule has 0 aliphatic carbocycles. The molecule has 0 radical (unpaired) electrons. The van der Waals surface area contributed by atoms with Gasteiger partial charge in [-0.3, -0.25) is 0 Å². The number of para-hydroxylation sites is 1. The first kappa shape index (κ1) is 14.1. The predicted octanol–water partition coefficient (Wildman–Crippen LogP) is 4.83. The fourth-order valence-electron chi connectivity index (χ4n) is 1.90. The van der Waals surface area contributed by atoms with Gasteiger partial charge in [0.15, 0.2) is 0 Å². The number of hydrogen-bond acceptors (Lipinski definition) is 2. The Balaban J connectivity index is 2.37. The van der Waals surface area contributed by atoms with E-state index in [1.165, 1.54) is 0 Å². The lowest BCUT2D eigenvalue weighted by atomic mass is 10.1. The van der Waals surface area contributed by atoms with Crippen LogP contribution in [0.25, 0.3) is 0 Å². The van der Waals surface area contributed by atoms with Crippen molar-refractivity contribution in [1.82, 2.24) is 5.32 Å². The Bertz CT molecular complexity index is 568. The maximum absolute atomic E-state index is 6.06. The quantitative estimate of drug-likeness (QED) is 0.871. The Morgan fingerprint density at radius 3 is 2.53 bits per heavy atom. The molecule has 0 aliphatic rings. The molecule has 0 fully saturated rings. The highest BCUT2D eigenvalue weighted by Gasteiger charge is 2.12. The van der Waals surface area contributed by atoms with Gasteiger partial charge in [0.2, 0.25) is 0 Å². The van der Waals surface area contributed by atoms with Gasteiger partial charge in [0.1, 0.15) is 11.5 Å². The van der Waals surface area contributed by atoms with Crippen LogP contribution in [0.4, 0.5) is 0 Å². The molecule has 0 aliphatic heterocycles. The van der Waals surface area contributed by atoms with Gasteiger partial charge in [-0.15, -0.1) is 0 Å². The number of ether oxygens (including phenoxy) is 1. The molecule has 1 atom stereocenters. The van der Waals surface area contributed by atoms with E-state index in [2.05, 4.69) is 47.2 Å². The van der Waals surface area contributed by atoms with Gasteiger partial charge in [0, 0.05) is 16.1 Å². The third kappa shape index (κ3) is 3.37. The van der Waals surface area contributed by atoms with Crippen molar-refractivity contribution in [2.45, 2.75) is 19.9 Å². The Morgan fingerprint density at radius 1 is 1.11 bits per heavy atom. The Hall–Kier alpha value is -1.32. The minimum atomic E-state index is 0.233. The summed E-state index contributed by atoms with van der Waals surface area (Å²) in [5.41, 5.74) is 2.27. The number of benzene rings is 2. The smallest absolute Gasteiger partial charge is 0.132 e. The fourth-order valence-corrected chi connectivity index (χ4v) is 2.27. The lowest BCUT2D eigenvalue weighted by Gasteiger charge is -2.17. The van der Waals surface area contributed by atoms with Gasteiger partial charge in [-0.2, -0.15) is 0 Å². The van der Waals surface area contributed by atoms with Crippen molar-refractivity contribution in [1.29, 1.82) is 0 Å². The number of rotatable bonds is 4. The largest absolute Gasteiger partial charge is 0.457 e. The van der Waals surface area contributed by atoms with E-state index >= 15 is 0 Å². The minimum absolute atomic E-state index is 0.233. The molecule has 19 heavy (non-hydrogen) atoms. The van der Waals surface area contributed by atoms with E-state index in [-0.39, 0.29) is 6.04 Å². The third-order valence-electron chi connectivity index (χ3n) is 3.18. The van der Waals surface area contributed by atoms with E-state index in [0.717, 1.165) is 27.1 Å². The molecule has 100 valence electrons. The topological polar surface area (TPSA) is 21.3 Å². The van der Waals surface area contributed by atoms with Gasteiger partial charge < -0.3 is 10.1 Å². The lowest BCUT2D eigenvalue weighted by Crippen LogP contribution is -2.13. The van der Waals surface area contributed by atoms with Crippen LogP contribution < -0.4 is 10.1 Å². The van der Waals surface area contributed by atoms with E-state index in [9.17, 15) is 0 Å². The van der Waals surface area contributed by atoms with Crippen molar-refractivity contribution >= 4 is 15.9 Å². The van der Waals surface area contributed by atoms with Crippen LogP contribution in [0, 0.1) is 6.92 Å². The second-order valence-corrected chi connectivity index (χ2v) is 5.48. The standard InChI is InChI=1S/C16H18BrNO/c1-11-6-4-5-7-15(11)19-16-9-8-13(17)10-14(16)12(2)18-3/h4-10,12,18H,1-3H3. The van der Waals surface area contributed by atoms with Crippen LogP contribution in [0.5, 0.6) is 11.5 Å². The Morgan fingerprint density at radius 2 is 1.84 bits per heavy atom. The first-order valence-electron chi connectivity index (χ1n) is 6.32. The second kappa shape index (κ2) is 6.22. The average molecular weight is 320 g/mol. The summed E-state index contributed by atoms with van der Waals surface area (Å²) in [7, 11) is 1.95. The molecule has 2 rings (SSSR count). The molecule has 0 heterocycles. The van der Waals surface area contributed by atoms with Crippen molar-refractivity contribution in [3.05, 3.63) is 58.1 Å². The highest BCUT2D eigenvalue weighted by molar-refractivity contribution is 9.10. The van der Waals surface area contributed by atoms with E-state index in [1.54, 1.807) is 0 Å². The number of aryl methyl sites for hydroxylation is 1. The van der Waals surface area contributed by atoms with Gasteiger partial charge in [-0.1, -0.05) is 34.1 Å². The van der Waals surface area contributed by atoms with Crippen molar-refractivity contribution in [2.24, 2.45) is 0 Å². The summed E-state index contributed by atoms with van der Waals surface area (Å²) >= 11 is 3.51. The van der Waals surface area contributed by atoms with Crippen molar-refractivity contribution < 1.29 is 4.74 Å². The highest BCUT2D eigenvalue weighted by Crippen LogP contribution is 2.33. The summed E-state index contributed by atoms with van der Waals surface area (Å²) in [6.07, 6.45) is 0. The van der Waals surface area contributed by atoms with Crippen LogP contribution in [-0.2, 0) is 0 Å². The number of hydrogen-bond donors (Lipinski definition) is 1. The molecule has 2 nitrogen and oxygen atoms in total. The molecule has 0 bridgehead atoms. The van der Waals surface area contributed by atoms with E-state index < -0.39 is 0 Å². The molecule has 0 spiro atoms. The maximum Gasteiger partial charge on any atom is 0.132 e. The molecule has 1 N–H and O–H groups in total. The monoisotopic (exact) mass is 319 g/mol. The van der Waals surface area contributed by atoms with E-state index in [1.807, 2.05) is 37.4 Å². The normalized spacial score (nSPS) is 12.2. The first-order chi connectivity index (χ1) is 9.11. The van der Waals surface area contributed by atoms with Crippen LogP contribution in [0.15, 0.2) is 46.9 Å². The maximum atomic E-state index is 6.06. The zero-order chi connectivity index (χ0) is 13.8. The van der Waals surface area contributed by atoms with Gasteiger partial charge in [-0.05, 0) is 50.7 Å². The zero-order valence-corrected chi connectivity index (χ0v) is 13.0. The molecular formula is C16H18BrNO. The Kier molecular flexibility index (Phi) is 4.61. The molecule has 0 aromatic heterocycles. The molecule has 3 heteroatoms. The summed E-state index contributed by atoms with van der Waals surface area (Å²) in [4.78, 5) is 0. The van der Waals surface area contributed by atoms with Gasteiger partial charge in [-0.25, -0.2) is 0 Å². The number of nitrogens with one attached hydrogen (secondary N) is 1. The van der Waals surface area contributed by atoms with E-state index in [4.69, 9.17) is 4.74 Å². The summed E-state index contributed by atoms with van der Waals surface area (Å²) in [5, 5.41) is 3.25. The van der Waals surface area contributed by atoms with Crippen LogP contribution >= 0.6 is 15.9 Å². The molecule has 0 saturated carbocycles. The summed E-state index contributed by atoms with van der Waals surface area (Å²) < 4.78 is 7.11. The summed E-state index contributed by atoms with van der Waals surface area (Å²) in [6, 6.07) is 14.4. The average Bonchev–Trinajstić information content (AvgIpc) is 2.42. The van der Waals surface area contributed by atoms with Crippen LogP contribution in [0.3, 0.4) is 0 Å². The van der Waals surface area contributed by atoms with Crippen molar-refractivity contribution in [3.8, 4) is 11.5 Å². The van der Waals surface area contributed by atoms with Crippen LogP contribution in [0.2, 0.25) is 0 Å². The van der Waals surface area contributed by atoms with Crippen molar-refractivity contribution in [2.75, 3.05) is 7.05 Å². The highest BCUT2D eigenvalue weighted by atomic mass is 79.9. The molecular weight excluding hydrogens is 302 g/mol. The van der Waals surface area contributed by atoms with Crippen molar-refractivity contribution in [3.63, 3.8) is 0 Å². The molecule has 2 aromatic carbocycles. The summed E-state index contributed by atoms with van der Waals surface area (Å²) in [6.45, 7) is 4.17. The van der Waals surface area contributed by atoms with E-state index in [0.29, 0.717) is 0 Å². The molecule has 2 aromatic rings. The molecule has 0 amide bonds. The first-order valence-corrected chi connectivity index (χ1v) is 7.11. The summed E-state index contributed by atoms with van der Waals surface area (Å²) in [5.74, 6) is 1.79. The zero-order valence-electron chi connectivity index (χ0n) is 11.4. The fraction of sp³-hybridized carbons (Fsp3) is 0.250. The second-order valence-electron chi connectivity index (χ2n) is 4.56. The minimum Gasteiger partial charge on any atom is -0.457 e. The Labute approximate surface area is 122 Å². The van der Waals surface area contributed by atoms with Crippen LogP contribution in [-0.4, -0.2) is 7.05 Å². The SMILES string of the molecule is CNC(C)c1cc(Br)ccc1Oc1ccccc1C. The predicted molar refractivity (Wildman–Crippen MR) is 82.9 cm³/mol. The van der Waals surface area contributed by atoms with Crippen LogP contribution in [0.1, 0.15) is 24.1 Å².